The summed E-state index contributed by atoms with van der Waals surface area (Å²) in [4.78, 5) is 17.7. The van der Waals surface area contributed by atoms with Gasteiger partial charge in [-0.2, -0.15) is 0 Å². The highest BCUT2D eigenvalue weighted by molar-refractivity contribution is 7.92. The summed E-state index contributed by atoms with van der Waals surface area (Å²) in [6.07, 6.45) is 6.75. The number of pyridine rings is 1. The minimum absolute atomic E-state index is 0.0274. The van der Waals surface area contributed by atoms with Gasteiger partial charge in [-0.3, -0.25) is 4.79 Å². The average molecular weight is 296 g/mol. The number of carbonyl (C=O) groups is 1. The zero-order valence-electron chi connectivity index (χ0n) is 11.5. The highest BCUT2D eigenvalue weighted by Crippen LogP contribution is 2.13. The molecule has 0 unspecified atom stereocenters. The molecule has 6 heteroatoms. The van der Waals surface area contributed by atoms with Crippen LogP contribution in [0.15, 0.2) is 29.4 Å². The molecule has 110 valence electrons. The van der Waals surface area contributed by atoms with Crippen molar-refractivity contribution in [1.82, 2.24) is 9.88 Å². The topological polar surface area (TPSA) is 67.3 Å². The van der Waals surface area contributed by atoms with Crippen LogP contribution in [0.4, 0.5) is 0 Å². The van der Waals surface area contributed by atoms with Gasteiger partial charge in [-0.1, -0.05) is 25.3 Å². The number of likely N-dealkylation sites (tertiary alicyclic amines) is 1. The van der Waals surface area contributed by atoms with E-state index in [2.05, 4.69) is 4.98 Å². The predicted octanol–water partition coefficient (Wildman–Crippen LogP) is 1.65. The van der Waals surface area contributed by atoms with E-state index in [1.165, 1.54) is 18.7 Å². The van der Waals surface area contributed by atoms with Gasteiger partial charge in [0, 0.05) is 19.3 Å². The summed E-state index contributed by atoms with van der Waals surface area (Å²) < 4.78 is 24.3. The molecule has 0 bridgehead atoms. The van der Waals surface area contributed by atoms with Crippen molar-refractivity contribution >= 4 is 15.7 Å². The number of carbonyl (C=O) groups excluding carboxylic acids is 1. The van der Waals surface area contributed by atoms with Crippen molar-refractivity contribution in [3.8, 4) is 0 Å². The number of hydrogen-bond acceptors (Lipinski definition) is 4. The summed E-state index contributed by atoms with van der Waals surface area (Å²) >= 11 is 0. The fraction of sp³-hybridized carbons (Fsp3) is 0.571. The summed E-state index contributed by atoms with van der Waals surface area (Å²) in [6, 6.07) is 4.69. The first-order valence-electron chi connectivity index (χ1n) is 7.01. The standard InChI is InChI=1S/C14H20N2O3S/c17-14(16-10-6-2-1-3-7-11-16)12-20(18,19)13-8-4-5-9-15-13/h4-5,8-9H,1-3,6-7,10-12H2. The van der Waals surface area contributed by atoms with E-state index < -0.39 is 15.6 Å². The van der Waals surface area contributed by atoms with Gasteiger partial charge in [-0.05, 0) is 25.0 Å². The Hall–Kier alpha value is -1.43. The molecule has 0 N–H and O–H groups in total. The lowest BCUT2D eigenvalue weighted by Crippen LogP contribution is -2.38. The van der Waals surface area contributed by atoms with E-state index in [0.29, 0.717) is 13.1 Å². The van der Waals surface area contributed by atoms with Crippen LogP contribution in [-0.4, -0.2) is 43.1 Å². The number of nitrogens with zero attached hydrogens (tertiary/aromatic N) is 2. The molecule has 0 atom stereocenters. The summed E-state index contributed by atoms with van der Waals surface area (Å²) in [5.74, 6) is -0.790. The Morgan fingerprint density at radius 2 is 1.75 bits per heavy atom. The Morgan fingerprint density at radius 3 is 2.35 bits per heavy atom. The first kappa shape index (κ1) is 15.0. The second-order valence-corrected chi connectivity index (χ2v) is 7.01. The lowest BCUT2D eigenvalue weighted by Gasteiger charge is -2.24. The Bertz CT molecular complexity index is 535. The summed E-state index contributed by atoms with van der Waals surface area (Å²) in [5, 5.41) is -0.0274. The molecule has 1 aromatic heterocycles. The zero-order valence-corrected chi connectivity index (χ0v) is 12.3. The minimum atomic E-state index is -3.63. The maximum absolute atomic E-state index is 12.2. The van der Waals surface area contributed by atoms with Gasteiger partial charge in [-0.25, -0.2) is 13.4 Å². The van der Waals surface area contributed by atoms with Crippen LogP contribution in [0, 0.1) is 0 Å². The second kappa shape index (κ2) is 6.83. The number of aromatic nitrogens is 1. The number of rotatable bonds is 3. The van der Waals surface area contributed by atoms with E-state index in [4.69, 9.17) is 0 Å². The lowest BCUT2D eigenvalue weighted by molar-refractivity contribution is -0.128. The maximum atomic E-state index is 12.2. The fourth-order valence-electron chi connectivity index (χ4n) is 2.36. The molecule has 1 fully saturated rings. The molecule has 1 aromatic rings. The molecule has 2 heterocycles. The Morgan fingerprint density at radius 1 is 1.10 bits per heavy atom. The normalized spacial score (nSPS) is 17.3. The van der Waals surface area contributed by atoms with Gasteiger partial charge in [0.2, 0.25) is 15.7 Å². The highest BCUT2D eigenvalue weighted by atomic mass is 32.2. The van der Waals surface area contributed by atoms with Crippen LogP contribution in [0.25, 0.3) is 0 Å². The minimum Gasteiger partial charge on any atom is -0.342 e. The molecule has 1 amide bonds. The Labute approximate surface area is 119 Å². The van der Waals surface area contributed by atoms with Crippen LogP contribution in [0.3, 0.4) is 0 Å². The summed E-state index contributed by atoms with van der Waals surface area (Å²) in [5.41, 5.74) is 0. The van der Waals surface area contributed by atoms with Crippen LogP contribution in [0.1, 0.15) is 32.1 Å². The molecule has 1 aliphatic heterocycles. The van der Waals surface area contributed by atoms with Gasteiger partial charge in [0.1, 0.15) is 5.75 Å². The quantitative estimate of drug-likeness (QED) is 0.850. The van der Waals surface area contributed by atoms with E-state index in [-0.39, 0.29) is 10.9 Å². The van der Waals surface area contributed by atoms with Crippen molar-refractivity contribution in [3.05, 3.63) is 24.4 Å². The van der Waals surface area contributed by atoms with E-state index in [0.717, 1.165) is 25.7 Å². The molecule has 0 radical (unpaired) electrons. The Balaban J connectivity index is 2.02. The maximum Gasteiger partial charge on any atom is 0.238 e. The van der Waals surface area contributed by atoms with Crippen LogP contribution in [0.2, 0.25) is 0 Å². The first-order chi connectivity index (χ1) is 9.59. The van der Waals surface area contributed by atoms with Gasteiger partial charge in [0.25, 0.3) is 0 Å². The van der Waals surface area contributed by atoms with Crippen LogP contribution >= 0.6 is 0 Å². The van der Waals surface area contributed by atoms with Gasteiger partial charge >= 0.3 is 0 Å². The van der Waals surface area contributed by atoms with E-state index in [9.17, 15) is 13.2 Å². The third kappa shape index (κ3) is 4.03. The second-order valence-electron chi connectivity index (χ2n) is 5.08. The SMILES string of the molecule is O=C(CS(=O)(=O)c1ccccn1)N1CCCCCCC1. The fourth-order valence-corrected chi connectivity index (χ4v) is 3.52. The third-order valence-electron chi connectivity index (χ3n) is 3.48. The average Bonchev–Trinajstić information content (AvgIpc) is 2.38. The molecule has 20 heavy (non-hydrogen) atoms. The Kier molecular flexibility index (Phi) is 5.11. The monoisotopic (exact) mass is 296 g/mol. The smallest absolute Gasteiger partial charge is 0.238 e. The van der Waals surface area contributed by atoms with Gasteiger partial charge in [0.05, 0.1) is 0 Å². The summed E-state index contributed by atoms with van der Waals surface area (Å²) in [7, 11) is -3.63. The number of sulfone groups is 1. The molecule has 0 aromatic carbocycles. The van der Waals surface area contributed by atoms with E-state index >= 15 is 0 Å². The molecule has 0 spiro atoms. The molecule has 1 saturated heterocycles. The van der Waals surface area contributed by atoms with Crippen molar-refractivity contribution in [2.24, 2.45) is 0 Å². The van der Waals surface area contributed by atoms with Crippen molar-refractivity contribution < 1.29 is 13.2 Å². The number of hydrogen-bond donors (Lipinski definition) is 0. The number of amides is 1. The van der Waals surface area contributed by atoms with E-state index in [1.807, 2.05) is 0 Å². The molecule has 2 rings (SSSR count). The van der Waals surface area contributed by atoms with Crippen LogP contribution < -0.4 is 0 Å². The van der Waals surface area contributed by atoms with Crippen LogP contribution in [0.5, 0.6) is 0 Å². The molecule has 1 aliphatic rings. The first-order valence-corrected chi connectivity index (χ1v) is 8.66. The summed E-state index contributed by atoms with van der Waals surface area (Å²) in [6.45, 7) is 1.33. The van der Waals surface area contributed by atoms with Crippen LogP contribution in [-0.2, 0) is 14.6 Å². The van der Waals surface area contributed by atoms with Gasteiger partial charge in [-0.15, -0.1) is 0 Å². The molecule has 0 saturated carbocycles. The van der Waals surface area contributed by atoms with Crippen molar-refractivity contribution in [1.29, 1.82) is 0 Å². The highest BCUT2D eigenvalue weighted by Gasteiger charge is 2.24. The zero-order chi connectivity index (χ0) is 14.4. The van der Waals surface area contributed by atoms with Crippen molar-refractivity contribution in [2.45, 2.75) is 37.1 Å². The molecular formula is C14H20N2O3S. The van der Waals surface area contributed by atoms with E-state index in [1.54, 1.807) is 17.0 Å². The van der Waals surface area contributed by atoms with Gasteiger partial charge in [0.15, 0.2) is 5.03 Å². The molecule has 0 aliphatic carbocycles. The van der Waals surface area contributed by atoms with Gasteiger partial charge < -0.3 is 4.90 Å². The lowest BCUT2D eigenvalue weighted by atomic mass is 10.1. The molecule has 5 nitrogen and oxygen atoms in total. The predicted molar refractivity (Wildman–Crippen MR) is 76.0 cm³/mol. The molecular weight excluding hydrogens is 276 g/mol. The third-order valence-corrected chi connectivity index (χ3v) is 4.98. The van der Waals surface area contributed by atoms with Crippen molar-refractivity contribution in [2.75, 3.05) is 18.8 Å². The van der Waals surface area contributed by atoms with Crippen molar-refractivity contribution in [3.63, 3.8) is 0 Å². The largest absolute Gasteiger partial charge is 0.342 e.